The number of hydrogen-bond acceptors (Lipinski definition) is 5. The number of nitrogens with zero attached hydrogens (tertiary/aromatic N) is 2. The summed E-state index contributed by atoms with van der Waals surface area (Å²) in [5.41, 5.74) is 0.192. The summed E-state index contributed by atoms with van der Waals surface area (Å²) in [6, 6.07) is 4.14. The first-order valence-corrected chi connectivity index (χ1v) is 5.50. The zero-order valence-electron chi connectivity index (χ0n) is 9.48. The molecule has 0 atom stereocenters. The minimum atomic E-state index is -0.418. The van der Waals surface area contributed by atoms with Crippen molar-refractivity contribution in [3.8, 4) is 5.75 Å². The Morgan fingerprint density at radius 3 is 3.00 bits per heavy atom. The molecule has 1 aromatic heterocycles. The number of rotatable bonds is 3. The molecule has 0 aliphatic carbocycles. The maximum absolute atomic E-state index is 11.8. The molecule has 1 amide bonds. The summed E-state index contributed by atoms with van der Waals surface area (Å²) in [7, 11) is 0. The second-order valence-corrected chi connectivity index (χ2v) is 3.98. The summed E-state index contributed by atoms with van der Waals surface area (Å²) < 4.78 is 4.77. The van der Waals surface area contributed by atoms with Gasteiger partial charge in [-0.1, -0.05) is 16.8 Å². The Labute approximate surface area is 108 Å². The SMILES string of the molecule is Cc1nc(CNC(=O)c2cc(O)ccc2Cl)no1. The highest BCUT2D eigenvalue weighted by Gasteiger charge is 2.12. The summed E-state index contributed by atoms with van der Waals surface area (Å²) in [6.07, 6.45) is 0. The number of carbonyl (C=O) groups excluding carboxylic acids is 1. The Balaban J connectivity index is 2.05. The van der Waals surface area contributed by atoms with Gasteiger partial charge in [-0.05, 0) is 18.2 Å². The van der Waals surface area contributed by atoms with Gasteiger partial charge < -0.3 is 14.9 Å². The van der Waals surface area contributed by atoms with Crippen molar-refractivity contribution in [1.82, 2.24) is 15.5 Å². The van der Waals surface area contributed by atoms with Gasteiger partial charge in [0.05, 0.1) is 17.1 Å². The number of phenolic OH excluding ortho intramolecular Hbond substituents is 1. The average Bonchev–Trinajstić information content (AvgIpc) is 2.75. The van der Waals surface area contributed by atoms with E-state index in [1.807, 2.05) is 0 Å². The van der Waals surface area contributed by atoms with Gasteiger partial charge in [0.15, 0.2) is 5.82 Å². The molecule has 1 aromatic carbocycles. The van der Waals surface area contributed by atoms with E-state index in [4.69, 9.17) is 16.1 Å². The van der Waals surface area contributed by atoms with Crippen LogP contribution >= 0.6 is 11.6 Å². The van der Waals surface area contributed by atoms with Gasteiger partial charge in [-0.3, -0.25) is 4.79 Å². The highest BCUT2D eigenvalue weighted by Crippen LogP contribution is 2.20. The molecular weight excluding hydrogens is 258 g/mol. The monoisotopic (exact) mass is 267 g/mol. The molecule has 0 saturated heterocycles. The molecule has 0 unspecified atom stereocenters. The quantitative estimate of drug-likeness (QED) is 0.883. The van der Waals surface area contributed by atoms with E-state index in [1.165, 1.54) is 18.2 Å². The van der Waals surface area contributed by atoms with Crippen molar-refractivity contribution in [3.05, 3.63) is 40.5 Å². The highest BCUT2D eigenvalue weighted by molar-refractivity contribution is 6.33. The molecule has 0 fully saturated rings. The molecule has 0 bridgehead atoms. The number of carbonyl (C=O) groups is 1. The van der Waals surface area contributed by atoms with Crippen LogP contribution < -0.4 is 5.32 Å². The van der Waals surface area contributed by atoms with Crippen molar-refractivity contribution in [3.63, 3.8) is 0 Å². The first-order chi connectivity index (χ1) is 8.56. The minimum absolute atomic E-state index is 0.0278. The standard InChI is InChI=1S/C11H10ClN3O3/c1-6-14-10(15-18-6)5-13-11(17)8-4-7(16)2-3-9(8)12/h2-4,16H,5H2,1H3,(H,13,17). The van der Waals surface area contributed by atoms with Crippen LogP contribution in [0.25, 0.3) is 0 Å². The lowest BCUT2D eigenvalue weighted by Gasteiger charge is -2.05. The van der Waals surface area contributed by atoms with Gasteiger partial charge in [0, 0.05) is 6.92 Å². The third kappa shape index (κ3) is 2.78. The molecule has 2 rings (SSSR count). The maximum Gasteiger partial charge on any atom is 0.253 e. The van der Waals surface area contributed by atoms with Gasteiger partial charge in [-0.25, -0.2) is 0 Å². The van der Waals surface area contributed by atoms with Crippen molar-refractivity contribution in [2.45, 2.75) is 13.5 Å². The number of aromatic hydroxyl groups is 1. The van der Waals surface area contributed by atoms with Crippen LogP contribution in [-0.4, -0.2) is 21.2 Å². The fourth-order valence-corrected chi connectivity index (χ4v) is 1.56. The number of benzene rings is 1. The summed E-state index contributed by atoms with van der Waals surface area (Å²) in [5.74, 6) is 0.352. The lowest BCUT2D eigenvalue weighted by Crippen LogP contribution is -2.23. The van der Waals surface area contributed by atoms with Crippen LogP contribution in [0, 0.1) is 6.92 Å². The molecule has 18 heavy (non-hydrogen) atoms. The van der Waals surface area contributed by atoms with Gasteiger partial charge in [-0.2, -0.15) is 4.98 Å². The highest BCUT2D eigenvalue weighted by atomic mass is 35.5. The van der Waals surface area contributed by atoms with Crippen molar-refractivity contribution in [1.29, 1.82) is 0 Å². The first kappa shape index (κ1) is 12.4. The van der Waals surface area contributed by atoms with Crippen LogP contribution in [0.4, 0.5) is 0 Å². The molecule has 7 heteroatoms. The number of nitrogens with one attached hydrogen (secondary N) is 1. The number of halogens is 1. The van der Waals surface area contributed by atoms with E-state index in [0.29, 0.717) is 11.7 Å². The Morgan fingerprint density at radius 2 is 2.33 bits per heavy atom. The number of aryl methyl sites for hydroxylation is 1. The van der Waals surface area contributed by atoms with Gasteiger partial charge >= 0.3 is 0 Å². The Bertz CT molecular complexity index is 583. The maximum atomic E-state index is 11.8. The van der Waals surface area contributed by atoms with Gasteiger partial charge in [0.2, 0.25) is 5.89 Å². The predicted octanol–water partition coefficient (Wildman–Crippen LogP) is 1.67. The predicted molar refractivity (Wildman–Crippen MR) is 63.3 cm³/mol. The molecule has 2 aromatic rings. The average molecular weight is 268 g/mol. The van der Waals surface area contributed by atoms with E-state index < -0.39 is 5.91 Å². The molecule has 94 valence electrons. The lowest BCUT2D eigenvalue weighted by molar-refractivity contribution is 0.0949. The molecule has 0 aliphatic heterocycles. The zero-order valence-corrected chi connectivity index (χ0v) is 10.2. The summed E-state index contributed by atoms with van der Waals surface area (Å²) in [5, 5.41) is 15.8. The molecule has 0 aliphatic rings. The van der Waals surface area contributed by atoms with E-state index in [0.717, 1.165) is 0 Å². The van der Waals surface area contributed by atoms with Gasteiger partial charge in [-0.15, -0.1) is 0 Å². The van der Waals surface area contributed by atoms with Crippen LogP contribution in [-0.2, 0) is 6.54 Å². The fourth-order valence-electron chi connectivity index (χ4n) is 1.35. The Kier molecular flexibility index (Phi) is 3.47. The van der Waals surface area contributed by atoms with Crippen LogP contribution in [0.1, 0.15) is 22.1 Å². The Hall–Kier alpha value is -2.08. The number of hydrogen-bond donors (Lipinski definition) is 2. The number of amides is 1. The van der Waals surface area contributed by atoms with Gasteiger partial charge in [0.25, 0.3) is 5.91 Å². The van der Waals surface area contributed by atoms with Crippen LogP contribution in [0.3, 0.4) is 0 Å². The third-order valence-electron chi connectivity index (χ3n) is 2.17. The van der Waals surface area contributed by atoms with Crippen molar-refractivity contribution in [2.75, 3.05) is 0 Å². The van der Waals surface area contributed by atoms with E-state index in [2.05, 4.69) is 15.5 Å². The van der Waals surface area contributed by atoms with Crippen molar-refractivity contribution in [2.24, 2.45) is 0 Å². The number of phenols is 1. The topological polar surface area (TPSA) is 88.2 Å². The normalized spacial score (nSPS) is 10.3. The molecule has 6 nitrogen and oxygen atoms in total. The smallest absolute Gasteiger partial charge is 0.253 e. The molecular formula is C11H10ClN3O3. The van der Waals surface area contributed by atoms with Crippen molar-refractivity contribution >= 4 is 17.5 Å². The zero-order chi connectivity index (χ0) is 13.1. The summed E-state index contributed by atoms with van der Waals surface area (Å²) >= 11 is 5.86. The third-order valence-corrected chi connectivity index (χ3v) is 2.50. The molecule has 1 heterocycles. The summed E-state index contributed by atoms with van der Waals surface area (Å²) in [4.78, 5) is 15.7. The van der Waals surface area contributed by atoms with E-state index in [1.54, 1.807) is 6.92 Å². The van der Waals surface area contributed by atoms with E-state index >= 15 is 0 Å². The fraction of sp³-hybridized carbons (Fsp3) is 0.182. The number of aromatic nitrogens is 2. The van der Waals surface area contributed by atoms with Crippen LogP contribution in [0.15, 0.2) is 22.7 Å². The summed E-state index contributed by atoms with van der Waals surface area (Å²) in [6.45, 7) is 1.78. The van der Waals surface area contributed by atoms with Crippen LogP contribution in [0.2, 0.25) is 5.02 Å². The van der Waals surface area contributed by atoms with Gasteiger partial charge in [0.1, 0.15) is 5.75 Å². The van der Waals surface area contributed by atoms with E-state index in [-0.39, 0.29) is 22.9 Å². The second-order valence-electron chi connectivity index (χ2n) is 3.58. The van der Waals surface area contributed by atoms with Crippen LogP contribution in [0.5, 0.6) is 5.75 Å². The van der Waals surface area contributed by atoms with Crippen molar-refractivity contribution < 1.29 is 14.4 Å². The Morgan fingerprint density at radius 1 is 1.56 bits per heavy atom. The molecule has 2 N–H and O–H groups in total. The first-order valence-electron chi connectivity index (χ1n) is 5.12. The largest absolute Gasteiger partial charge is 0.508 e. The van der Waals surface area contributed by atoms with E-state index in [9.17, 15) is 9.90 Å². The minimum Gasteiger partial charge on any atom is -0.508 e. The second kappa shape index (κ2) is 5.05. The molecule has 0 spiro atoms. The molecule has 0 saturated carbocycles. The molecule has 0 radical (unpaired) electrons. The lowest BCUT2D eigenvalue weighted by atomic mass is 10.2.